The lowest BCUT2D eigenvalue weighted by Crippen LogP contribution is -2.53. The number of benzene rings is 1. The molecule has 4 aliphatic heterocycles. The van der Waals surface area contributed by atoms with Crippen LogP contribution in [-0.4, -0.2) is 75.0 Å². The van der Waals surface area contributed by atoms with Crippen LogP contribution in [0.15, 0.2) is 54.6 Å². The van der Waals surface area contributed by atoms with Gasteiger partial charge in [-0.1, -0.05) is 54.6 Å². The molecule has 0 aromatic heterocycles. The second-order valence-corrected chi connectivity index (χ2v) is 10.8. The van der Waals surface area contributed by atoms with Gasteiger partial charge in [0.15, 0.2) is 0 Å². The van der Waals surface area contributed by atoms with Crippen LogP contribution in [0.2, 0.25) is 0 Å². The first-order valence-corrected chi connectivity index (χ1v) is 12.9. The molecule has 1 N–H and O–H groups in total. The van der Waals surface area contributed by atoms with Crippen molar-refractivity contribution in [2.75, 3.05) is 26.3 Å². The molecule has 0 aliphatic carbocycles. The summed E-state index contributed by atoms with van der Waals surface area (Å²) in [6, 6.07) is 9.14. The van der Waals surface area contributed by atoms with Crippen molar-refractivity contribution in [2.45, 2.75) is 41.8 Å². The first-order valence-electron chi connectivity index (χ1n) is 12.0. The summed E-state index contributed by atoms with van der Waals surface area (Å²) in [7, 11) is 0. The number of carbonyl (C=O) groups is 3. The van der Waals surface area contributed by atoms with E-state index in [0.717, 1.165) is 5.56 Å². The van der Waals surface area contributed by atoms with E-state index in [2.05, 4.69) is 0 Å². The summed E-state index contributed by atoms with van der Waals surface area (Å²) < 4.78 is 4.68. The molecule has 2 amide bonds. The summed E-state index contributed by atoms with van der Waals surface area (Å²) in [5.74, 6) is -1.85. The number of rotatable bonds is 6. The normalized spacial score (nSPS) is 32.6. The van der Waals surface area contributed by atoms with Crippen molar-refractivity contribution in [2.24, 2.45) is 11.8 Å². The van der Waals surface area contributed by atoms with Gasteiger partial charge in [0.25, 0.3) is 0 Å². The molecule has 0 radical (unpaired) electrons. The molecular weight excluding hydrogens is 452 g/mol. The Morgan fingerprint density at radius 2 is 1.91 bits per heavy atom. The fourth-order valence-corrected chi connectivity index (χ4v) is 7.74. The van der Waals surface area contributed by atoms with Crippen LogP contribution in [0, 0.1) is 11.8 Å². The van der Waals surface area contributed by atoms with Gasteiger partial charge in [0.1, 0.15) is 6.04 Å². The van der Waals surface area contributed by atoms with Gasteiger partial charge in [-0.2, -0.15) is 0 Å². The second-order valence-electron chi connectivity index (χ2n) is 9.30. The van der Waals surface area contributed by atoms with Crippen LogP contribution < -0.4 is 0 Å². The number of likely N-dealkylation sites (tertiary alicyclic amines) is 1. The average molecular weight is 483 g/mol. The van der Waals surface area contributed by atoms with E-state index in [1.165, 1.54) is 0 Å². The molecule has 1 spiro atoms. The number of carbonyl (C=O) groups excluding carboxylic acids is 3. The fraction of sp³-hybridized carbons (Fsp3) is 0.500. The van der Waals surface area contributed by atoms with Crippen LogP contribution >= 0.6 is 11.8 Å². The molecule has 34 heavy (non-hydrogen) atoms. The molecule has 1 aromatic rings. The molecule has 2 fully saturated rings. The summed E-state index contributed by atoms with van der Waals surface area (Å²) >= 11 is 1.56. The Kier molecular flexibility index (Phi) is 6.53. The number of ether oxygens (including phenoxy) is 1. The Morgan fingerprint density at radius 1 is 1.09 bits per heavy atom. The third-order valence-electron chi connectivity index (χ3n) is 7.23. The van der Waals surface area contributed by atoms with E-state index < -0.39 is 22.6 Å². The standard InChI is InChI=1S/C26H30N2O5S/c29-15-6-5-14-28-22-24(31)27(17-18-9-2-1-3-10-18)13-8-12-26(22)21(23(28)30)20-19(34-26)11-4-7-16-33-25(20)32/h1-4,8-12,19-22,29H,5-7,13-17H2/t19-,20+,21+,22?,26+/m1/s1. The van der Waals surface area contributed by atoms with Crippen LogP contribution in [0.4, 0.5) is 0 Å². The predicted octanol–water partition coefficient (Wildman–Crippen LogP) is 2.16. The Hall–Kier alpha value is -2.58. The second kappa shape index (κ2) is 9.58. The summed E-state index contributed by atoms with van der Waals surface area (Å²) in [4.78, 5) is 44.5. The molecule has 5 atom stereocenters. The predicted molar refractivity (Wildman–Crippen MR) is 129 cm³/mol. The highest BCUT2D eigenvalue weighted by Crippen LogP contribution is 2.60. The molecule has 1 aromatic carbocycles. The molecule has 7 nitrogen and oxygen atoms in total. The van der Waals surface area contributed by atoms with Gasteiger partial charge in [0.05, 0.1) is 23.2 Å². The maximum absolute atomic E-state index is 14.1. The lowest BCUT2D eigenvalue weighted by atomic mass is 9.78. The first-order chi connectivity index (χ1) is 16.6. The molecule has 0 bridgehead atoms. The van der Waals surface area contributed by atoms with Gasteiger partial charge in [-0.25, -0.2) is 0 Å². The van der Waals surface area contributed by atoms with Gasteiger partial charge in [-0.3, -0.25) is 14.4 Å². The Balaban J connectivity index is 1.54. The molecule has 8 heteroatoms. The molecular formula is C26H30N2O5S. The van der Waals surface area contributed by atoms with E-state index in [9.17, 15) is 19.5 Å². The highest BCUT2D eigenvalue weighted by Gasteiger charge is 2.70. The number of cyclic esters (lactones) is 1. The minimum absolute atomic E-state index is 0.0336. The zero-order chi connectivity index (χ0) is 23.7. The summed E-state index contributed by atoms with van der Waals surface area (Å²) in [6.07, 6.45) is 9.84. The quantitative estimate of drug-likeness (QED) is 0.380. The zero-order valence-corrected chi connectivity index (χ0v) is 19.9. The summed E-state index contributed by atoms with van der Waals surface area (Å²) in [5, 5.41) is 9.08. The molecule has 0 saturated carbocycles. The van der Waals surface area contributed by atoms with Crippen LogP contribution in [0.3, 0.4) is 0 Å². The smallest absolute Gasteiger partial charge is 0.311 e. The SMILES string of the molecule is O=C1OCCC=C[C@H]2S[C@]34C=CCN(Cc5ccccc5)C(=O)C3N(CCCCO)C(=O)[C@@H]4[C@@H]12. The van der Waals surface area contributed by atoms with Gasteiger partial charge >= 0.3 is 5.97 Å². The van der Waals surface area contributed by atoms with E-state index >= 15 is 0 Å². The van der Waals surface area contributed by atoms with Crippen molar-refractivity contribution in [1.29, 1.82) is 0 Å². The minimum atomic E-state index is -0.818. The molecule has 180 valence electrons. The number of esters is 1. The zero-order valence-electron chi connectivity index (χ0n) is 19.0. The molecule has 5 rings (SSSR count). The van der Waals surface area contributed by atoms with Crippen molar-refractivity contribution < 1.29 is 24.2 Å². The molecule has 4 aliphatic rings. The van der Waals surface area contributed by atoms with Crippen molar-refractivity contribution in [3.05, 3.63) is 60.2 Å². The summed E-state index contributed by atoms with van der Waals surface area (Å²) in [6.45, 7) is 1.63. The van der Waals surface area contributed by atoms with Crippen LogP contribution in [0.1, 0.15) is 24.8 Å². The van der Waals surface area contributed by atoms with E-state index in [4.69, 9.17) is 4.74 Å². The molecule has 2 saturated heterocycles. The largest absolute Gasteiger partial charge is 0.465 e. The van der Waals surface area contributed by atoms with Gasteiger partial charge in [0, 0.05) is 31.5 Å². The van der Waals surface area contributed by atoms with Crippen molar-refractivity contribution in [3.8, 4) is 0 Å². The number of thioether (sulfide) groups is 1. The number of hydrogen-bond donors (Lipinski definition) is 1. The van der Waals surface area contributed by atoms with E-state index in [0.29, 0.717) is 45.5 Å². The third kappa shape index (κ3) is 3.86. The van der Waals surface area contributed by atoms with E-state index in [-0.39, 0.29) is 29.6 Å². The molecule has 1 unspecified atom stereocenters. The highest BCUT2D eigenvalue weighted by molar-refractivity contribution is 8.02. The summed E-state index contributed by atoms with van der Waals surface area (Å²) in [5.41, 5.74) is 1.03. The van der Waals surface area contributed by atoms with E-state index in [1.807, 2.05) is 54.6 Å². The maximum atomic E-state index is 14.1. The van der Waals surface area contributed by atoms with Crippen LogP contribution in [0.5, 0.6) is 0 Å². The Labute approximate surface area is 203 Å². The average Bonchev–Trinajstić information content (AvgIpc) is 3.21. The third-order valence-corrected chi connectivity index (χ3v) is 8.97. The number of unbranched alkanes of at least 4 members (excludes halogenated alkanes) is 1. The van der Waals surface area contributed by atoms with E-state index in [1.54, 1.807) is 21.6 Å². The maximum Gasteiger partial charge on any atom is 0.311 e. The number of nitrogens with zero attached hydrogens (tertiary/aromatic N) is 2. The lowest BCUT2D eigenvalue weighted by molar-refractivity contribution is -0.153. The Bertz CT molecular complexity index is 1010. The number of hydrogen-bond acceptors (Lipinski definition) is 6. The fourth-order valence-electron chi connectivity index (χ4n) is 5.73. The Morgan fingerprint density at radius 3 is 2.71 bits per heavy atom. The van der Waals surface area contributed by atoms with Crippen LogP contribution in [0.25, 0.3) is 0 Å². The minimum Gasteiger partial charge on any atom is -0.465 e. The first kappa shape index (κ1) is 23.2. The number of aliphatic hydroxyl groups excluding tert-OH is 1. The van der Waals surface area contributed by atoms with Crippen molar-refractivity contribution >= 4 is 29.5 Å². The lowest BCUT2D eigenvalue weighted by Gasteiger charge is -2.35. The monoisotopic (exact) mass is 482 g/mol. The molecule has 4 heterocycles. The number of fused-ring (bicyclic) bond motifs is 2. The highest BCUT2D eigenvalue weighted by atomic mass is 32.2. The van der Waals surface area contributed by atoms with Crippen LogP contribution in [-0.2, 0) is 25.7 Å². The number of aliphatic hydroxyl groups is 1. The number of amides is 2. The van der Waals surface area contributed by atoms with Gasteiger partial charge in [0.2, 0.25) is 11.8 Å². The topological polar surface area (TPSA) is 87.2 Å². The van der Waals surface area contributed by atoms with Gasteiger partial charge in [-0.05, 0) is 24.8 Å². The van der Waals surface area contributed by atoms with Crippen molar-refractivity contribution in [1.82, 2.24) is 9.80 Å². The van der Waals surface area contributed by atoms with Gasteiger partial charge < -0.3 is 19.6 Å². The van der Waals surface area contributed by atoms with Crippen molar-refractivity contribution in [3.63, 3.8) is 0 Å². The van der Waals surface area contributed by atoms with Gasteiger partial charge in [-0.15, -0.1) is 11.8 Å².